The first kappa shape index (κ1) is 36.2. The predicted octanol–water partition coefficient (Wildman–Crippen LogP) is 3.40. The van der Waals surface area contributed by atoms with E-state index < -0.39 is 55.6 Å². The number of anilines is 2. The van der Waals surface area contributed by atoms with Crippen LogP contribution < -0.4 is 15.8 Å². The Balaban J connectivity index is 1.48. The SMILES string of the molecule is CC(CN(C)OCC(=O)N1CCN(c2ncc(C(F)(F)F)cn2)CC1)Nc1cnn(COCC[Si](C)(C)C)c(=O)c1C(F)(F)F. The van der Waals surface area contributed by atoms with Crippen LogP contribution in [-0.2, 0) is 33.5 Å². The van der Waals surface area contributed by atoms with Crippen LogP contribution in [-0.4, -0.2) is 103 Å². The number of hydrogen-bond acceptors (Lipinski definition) is 10. The third-order valence-electron chi connectivity index (χ3n) is 6.76. The van der Waals surface area contributed by atoms with Crippen molar-refractivity contribution >= 4 is 25.6 Å². The van der Waals surface area contributed by atoms with Gasteiger partial charge in [-0.15, -0.1) is 0 Å². The Labute approximate surface area is 257 Å². The number of hydroxylamine groups is 2. The first-order chi connectivity index (χ1) is 20.8. The molecule has 45 heavy (non-hydrogen) atoms. The van der Waals surface area contributed by atoms with Crippen molar-refractivity contribution in [3.8, 4) is 0 Å². The molecule has 2 aromatic heterocycles. The molecule has 19 heteroatoms. The maximum atomic E-state index is 13.9. The minimum atomic E-state index is -4.94. The van der Waals surface area contributed by atoms with E-state index in [0.717, 1.165) is 12.2 Å². The van der Waals surface area contributed by atoms with Gasteiger partial charge in [0.05, 0.1) is 17.4 Å². The van der Waals surface area contributed by atoms with Gasteiger partial charge < -0.3 is 19.9 Å². The lowest BCUT2D eigenvalue weighted by Gasteiger charge is -2.35. The number of aromatic nitrogens is 4. The fourth-order valence-corrected chi connectivity index (χ4v) is 5.04. The van der Waals surface area contributed by atoms with Crippen molar-refractivity contribution in [3.05, 3.63) is 40.1 Å². The van der Waals surface area contributed by atoms with Crippen LogP contribution in [0.2, 0.25) is 25.7 Å². The third-order valence-corrected chi connectivity index (χ3v) is 8.46. The molecule has 1 N–H and O–H groups in total. The van der Waals surface area contributed by atoms with E-state index in [1.54, 1.807) is 11.8 Å². The minimum Gasteiger partial charge on any atom is -0.379 e. The lowest BCUT2D eigenvalue weighted by molar-refractivity contribution is -0.167. The van der Waals surface area contributed by atoms with Crippen molar-refractivity contribution in [1.29, 1.82) is 0 Å². The van der Waals surface area contributed by atoms with Crippen molar-refractivity contribution in [3.63, 3.8) is 0 Å². The molecule has 1 unspecified atom stereocenters. The molecular weight excluding hydrogens is 630 g/mol. The zero-order valence-corrected chi connectivity index (χ0v) is 26.7. The maximum Gasteiger partial charge on any atom is 0.423 e. The molecule has 0 aliphatic carbocycles. The summed E-state index contributed by atoms with van der Waals surface area (Å²) < 4.78 is 85.9. The Morgan fingerprint density at radius 2 is 1.67 bits per heavy atom. The molecule has 0 aromatic carbocycles. The summed E-state index contributed by atoms with van der Waals surface area (Å²) in [4.78, 5) is 41.5. The Hall–Kier alpha value is -3.29. The molecular formula is C26H38F6N8O4Si. The summed E-state index contributed by atoms with van der Waals surface area (Å²) in [5, 5.41) is 7.79. The van der Waals surface area contributed by atoms with E-state index in [1.807, 2.05) is 0 Å². The van der Waals surface area contributed by atoms with Crippen molar-refractivity contribution in [2.24, 2.45) is 0 Å². The van der Waals surface area contributed by atoms with E-state index in [0.29, 0.717) is 36.8 Å². The number of halogens is 6. The molecule has 1 aliphatic rings. The number of ether oxygens (including phenoxy) is 1. The van der Waals surface area contributed by atoms with Gasteiger partial charge >= 0.3 is 12.4 Å². The summed E-state index contributed by atoms with van der Waals surface area (Å²) in [5.74, 6) is -0.228. The molecule has 1 atom stereocenters. The van der Waals surface area contributed by atoms with Crippen LogP contribution in [0.3, 0.4) is 0 Å². The molecule has 252 valence electrons. The van der Waals surface area contributed by atoms with E-state index in [2.05, 4.69) is 40.0 Å². The predicted molar refractivity (Wildman–Crippen MR) is 155 cm³/mol. The van der Waals surface area contributed by atoms with Gasteiger partial charge in [-0.2, -0.15) is 36.5 Å². The molecule has 1 saturated heterocycles. The quantitative estimate of drug-likeness (QED) is 0.147. The third kappa shape index (κ3) is 10.9. The second-order valence-corrected chi connectivity index (χ2v) is 17.5. The van der Waals surface area contributed by atoms with Crippen LogP contribution in [0.15, 0.2) is 23.4 Å². The number of carbonyl (C=O) groups excluding carboxylic acids is 1. The summed E-state index contributed by atoms with van der Waals surface area (Å²) in [6.07, 6.45) is -7.14. The van der Waals surface area contributed by atoms with Crippen LogP contribution >= 0.6 is 0 Å². The Morgan fingerprint density at radius 3 is 2.22 bits per heavy atom. The van der Waals surface area contributed by atoms with Crippen LogP contribution in [0.1, 0.15) is 18.1 Å². The van der Waals surface area contributed by atoms with E-state index in [1.165, 1.54) is 17.0 Å². The van der Waals surface area contributed by atoms with Crippen LogP contribution in [0.4, 0.5) is 38.0 Å². The summed E-state index contributed by atoms with van der Waals surface area (Å²) in [5.41, 5.74) is -4.16. The van der Waals surface area contributed by atoms with E-state index in [9.17, 15) is 35.9 Å². The van der Waals surface area contributed by atoms with Crippen LogP contribution in [0.25, 0.3) is 0 Å². The molecule has 1 aliphatic heterocycles. The van der Waals surface area contributed by atoms with Crippen molar-refractivity contribution in [1.82, 2.24) is 29.7 Å². The van der Waals surface area contributed by atoms with Gasteiger partial charge in [-0.05, 0) is 13.0 Å². The lowest BCUT2D eigenvalue weighted by Crippen LogP contribution is -2.50. The highest BCUT2D eigenvalue weighted by Gasteiger charge is 2.38. The summed E-state index contributed by atoms with van der Waals surface area (Å²) >= 11 is 0. The molecule has 0 saturated carbocycles. The number of carbonyl (C=O) groups is 1. The van der Waals surface area contributed by atoms with Crippen molar-refractivity contribution in [2.45, 2.75) is 57.7 Å². The second kappa shape index (κ2) is 14.9. The van der Waals surface area contributed by atoms with E-state index >= 15 is 0 Å². The number of likely N-dealkylation sites (N-methyl/N-ethyl adjacent to an activating group) is 1. The second-order valence-electron chi connectivity index (χ2n) is 11.9. The number of amides is 1. The summed E-state index contributed by atoms with van der Waals surface area (Å²) in [6, 6.07) is 0.132. The van der Waals surface area contributed by atoms with Gasteiger partial charge in [-0.3, -0.25) is 14.4 Å². The first-order valence-electron chi connectivity index (χ1n) is 14.1. The van der Waals surface area contributed by atoms with Gasteiger partial charge in [0.2, 0.25) is 5.95 Å². The molecule has 1 fully saturated rings. The standard InChI is InChI=1S/C26H38F6N8O4Si/c1-18(36-20-14-35-40(17-43-10-11-45(3,4)5)23(42)22(20)26(30,31)32)15-37(2)44-16-21(41)38-6-8-39(9-7-38)24-33-12-19(13-34-24)25(27,28)29/h12-14,18,36H,6-11,15-17H2,1-5H3. The molecule has 0 bridgehead atoms. The molecule has 3 rings (SSSR count). The van der Waals surface area contributed by atoms with Crippen molar-refractivity contribution < 1.29 is 40.7 Å². The molecule has 3 heterocycles. The monoisotopic (exact) mass is 668 g/mol. The molecule has 0 spiro atoms. The van der Waals surface area contributed by atoms with E-state index in [-0.39, 0.29) is 38.1 Å². The normalized spacial score (nSPS) is 15.5. The maximum absolute atomic E-state index is 13.9. The van der Waals surface area contributed by atoms with Gasteiger partial charge in [0.15, 0.2) is 0 Å². The Kier molecular flexibility index (Phi) is 12.0. The summed E-state index contributed by atoms with van der Waals surface area (Å²) in [6.45, 7) is 8.69. The number of alkyl halides is 6. The van der Waals surface area contributed by atoms with Gasteiger partial charge in [-0.25, -0.2) is 14.6 Å². The molecule has 12 nitrogen and oxygen atoms in total. The Morgan fingerprint density at radius 1 is 1.04 bits per heavy atom. The first-order valence-corrected chi connectivity index (χ1v) is 17.8. The largest absolute Gasteiger partial charge is 0.423 e. The number of nitrogens with zero attached hydrogens (tertiary/aromatic N) is 7. The number of hydrogen-bond donors (Lipinski definition) is 1. The topological polar surface area (TPSA) is 118 Å². The molecule has 2 aromatic rings. The van der Waals surface area contributed by atoms with Crippen LogP contribution in [0, 0.1) is 0 Å². The summed E-state index contributed by atoms with van der Waals surface area (Å²) in [7, 11) is 0.0807. The highest BCUT2D eigenvalue weighted by molar-refractivity contribution is 6.76. The number of rotatable bonds is 13. The fraction of sp³-hybridized carbons (Fsp3) is 0.654. The average Bonchev–Trinajstić information content (AvgIpc) is 2.93. The zero-order chi connectivity index (χ0) is 33.6. The molecule has 0 radical (unpaired) electrons. The minimum absolute atomic E-state index is 0.0481. The smallest absolute Gasteiger partial charge is 0.379 e. The molecule has 1 amide bonds. The van der Waals surface area contributed by atoms with Gasteiger partial charge in [-0.1, -0.05) is 19.6 Å². The van der Waals surface area contributed by atoms with Gasteiger partial charge in [0.1, 0.15) is 18.9 Å². The lowest BCUT2D eigenvalue weighted by atomic mass is 10.2. The number of piperazine rings is 1. The van der Waals surface area contributed by atoms with Crippen LogP contribution in [0.5, 0.6) is 0 Å². The van der Waals surface area contributed by atoms with Gasteiger partial charge in [0.25, 0.3) is 11.5 Å². The fourth-order valence-electron chi connectivity index (χ4n) is 4.29. The van der Waals surface area contributed by atoms with Crippen molar-refractivity contribution in [2.75, 3.05) is 63.2 Å². The Bertz CT molecular complexity index is 1330. The average molecular weight is 669 g/mol. The van der Waals surface area contributed by atoms with Gasteiger partial charge in [0, 0.05) is 72.9 Å². The van der Waals surface area contributed by atoms with E-state index in [4.69, 9.17) is 9.57 Å². The highest BCUT2D eigenvalue weighted by atomic mass is 28.3. The number of nitrogens with one attached hydrogen (secondary N) is 1. The highest BCUT2D eigenvalue weighted by Crippen LogP contribution is 2.32. The zero-order valence-electron chi connectivity index (χ0n) is 25.7.